The number of benzene rings is 1. The standard InChI is InChI=1S/C12H17F2N3O/c1-15-12(16-5-6-18-2)17-8-9-7-10(13)3-4-11(9)14/h3-4,7H,5-6,8H2,1-2H3,(H2,15,16,17). The smallest absolute Gasteiger partial charge is 0.191 e. The van der Waals surface area contributed by atoms with Crippen LogP contribution in [0.2, 0.25) is 0 Å². The first-order valence-electron chi connectivity index (χ1n) is 5.54. The Bertz CT molecular complexity index is 410. The zero-order valence-electron chi connectivity index (χ0n) is 10.5. The highest BCUT2D eigenvalue weighted by molar-refractivity contribution is 5.79. The molecule has 1 rings (SSSR count). The third kappa shape index (κ3) is 4.67. The normalized spacial score (nSPS) is 11.4. The number of rotatable bonds is 5. The zero-order valence-corrected chi connectivity index (χ0v) is 10.5. The summed E-state index contributed by atoms with van der Waals surface area (Å²) in [6.45, 7) is 1.28. The molecule has 0 amide bonds. The van der Waals surface area contributed by atoms with Gasteiger partial charge in [-0.25, -0.2) is 8.78 Å². The maximum absolute atomic E-state index is 13.3. The van der Waals surface area contributed by atoms with E-state index in [-0.39, 0.29) is 12.1 Å². The van der Waals surface area contributed by atoms with E-state index in [0.29, 0.717) is 19.1 Å². The van der Waals surface area contributed by atoms with Crippen molar-refractivity contribution < 1.29 is 13.5 Å². The first-order chi connectivity index (χ1) is 8.67. The molecular formula is C12H17F2N3O. The van der Waals surface area contributed by atoms with Gasteiger partial charge in [0.15, 0.2) is 5.96 Å². The first-order valence-corrected chi connectivity index (χ1v) is 5.54. The summed E-state index contributed by atoms with van der Waals surface area (Å²) in [4.78, 5) is 3.95. The summed E-state index contributed by atoms with van der Waals surface area (Å²) in [5.41, 5.74) is 0.254. The van der Waals surface area contributed by atoms with Gasteiger partial charge in [-0.1, -0.05) is 0 Å². The number of ether oxygens (including phenoxy) is 1. The average Bonchev–Trinajstić information content (AvgIpc) is 2.37. The molecule has 0 aromatic heterocycles. The minimum atomic E-state index is -0.462. The van der Waals surface area contributed by atoms with Gasteiger partial charge in [0.25, 0.3) is 0 Å². The van der Waals surface area contributed by atoms with E-state index in [2.05, 4.69) is 15.6 Å². The van der Waals surface area contributed by atoms with Gasteiger partial charge in [-0.15, -0.1) is 0 Å². The fraction of sp³-hybridized carbons (Fsp3) is 0.417. The van der Waals surface area contributed by atoms with Crippen molar-refractivity contribution in [3.8, 4) is 0 Å². The third-order valence-electron chi connectivity index (χ3n) is 2.28. The molecule has 0 aliphatic heterocycles. The van der Waals surface area contributed by atoms with E-state index < -0.39 is 11.6 Å². The molecule has 100 valence electrons. The molecule has 0 saturated heterocycles. The molecule has 2 N–H and O–H groups in total. The summed E-state index contributed by atoms with van der Waals surface area (Å²) in [6.07, 6.45) is 0. The van der Waals surface area contributed by atoms with Gasteiger partial charge in [0.2, 0.25) is 0 Å². The summed E-state index contributed by atoms with van der Waals surface area (Å²) in [6, 6.07) is 3.35. The number of nitrogens with zero attached hydrogens (tertiary/aromatic N) is 1. The maximum atomic E-state index is 13.3. The van der Waals surface area contributed by atoms with Crippen molar-refractivity contribution in [3.63, 3.8) is 0 Å². The topological polar surface area (TPSA) is 45.7 Å². The highest BCUT2D eigenvalue weighted by Crippen LogP contribution is 2.08. The van der Waals surface area contributed by atoms with Crippen molar-refractivity contribution >= 4 is 5.96 Å². The number of halogens is 2. The van der Waals surface area contributed by atoms with E-state index in [4.69, 9.17) is 4.74 Å². The SMILES string of the molecule is CN=C(NCCOC)NCc1cc(F)ccc1F. The molecule has 0 aliphatic rings. The maximum Gasteiger partial charge on any atom is 0.191 e. The molecular weight excluding hydrogens is 240 g/mol. The molecule has 0 radical (unpaired) electrons. The van der Waals surface area contributed by atoms with Crippen LogP contribution in [0.25, 0.3) is 0 Å². The van der Waals surface area contributed by atoms with E-state index >= 15 is 0 Å². The highest BCUT2D eigenvalue weighted by Gasteiger charge is 2.04. The second-order valence-corrected chi connectivity index (χ2v) is 3.58. The van der Waals surface area contributed by atoms with Crippen LogP contribution in [-0.4, -0.2) is 33.3 Å². The Kier molecular flexibility index (Phi) is 6.07. The van der Waals surface area contributed by atoms with Crippen molar-refractivity contribution in [2.45, 2.75) is 6.54 Å². The summed E-state index contributed by atoms with van der Waals surface area (Å²) in [5, 5.41) is 5.86. The number of aliphatic imine (C=N–C) groups is 1. The van der Waals surface area contributed by atoms with Crippen LogP contribution in [0.15, 0.2) is 23.2 Å². The van der Waals surface area contributed by atoms with E-state index in [1.165, 1.54) is 0 Å². The minimum Gasteiger partial charge on any atom is -0.383 e. The molecule has 0 fully saturated rings. The lowest BCUT2D eigenvalue weighted by Gasteiger charge is -2.11. The van der Waals surface area contributed by atoms with Crippen molar-refractivity contribution in [1.29, 1.82) is 0 Å². The van der Waals surface area contributed by atoms with E-state index in [1.54, 1.807) is 14.2 Å². The number of methoxy groups -OCH3 is 1. The largest absolute Gasteiger partial charge is 0.383 e. The van der Waals surface area contributed by atoms with Crippen molar-refractivity contribution in [3.05, 3.63) is 35.4 Å². The quantitative estimate of drug-likeness (QED) is 0.474. The summed E-state index contributed by atoms with van der Waals surface area (Å²) in [5.74, 6) is -0.400. The van der Waals surface area contributed by atoms with Gasteiger partial charge in [0, 0.05) is 32.8 Å². The van der Waals surface area contributed by atoms with Gasteiger partial charge in [0.05, 0.1) is 6.61 Å². The minimum absolute atomic E-state index is 0.163. The Morgan fingerprint density at radius 1 is 1.33 bits per heavy atom. The molecule has 1 aromatic carbocycles. The second-order valence-electron chi connectivity index (χ2n) is 3.58. The number of hydrogen-bond acceptors (Lipinski definition) is 2. The van der Waals surface area contributed by atoms with Gasteiger partial charge in [-0.05, 0) is 18.2 Å². The van der Waals surface area contributed by atoms with Crippen LogP contribution < -0.4 is 10.6 Å². The van der Waals surface area contributed by atoms with Crippen molar-refractivity contribution in [2.24, 2.45) is 4.99 Å². The Morgan fingerprint density at radius 2 is 2.11 bits per heavy atom. The molecule has 18 heavy (non-hydrogen) atoms. The lowest BCUT2D eigenvalue weighted by molar-refractivity contribution is 0.203. The lowest BCUT2D eigenvalue weighted by Crippen LogP contribution is -2.38. The van der Waals surface area contributed by atoms with E-state index in [0.717, 1.165) is 18.2 Å². The van der Waals surface area contributed by atoms with Gasteiger partial charge in [-0.2, -0.15) is 0 Å². The summed E-state index contributed by atoms with van der Waals surface area (Å²) >= 11 is 0. The summed E-state index contributed by atoms with van der Waals surface area (Å²) in [7, 11) is 3.20. The molecule has 4 nitrogen and oxygen atoms in total. The second kappa shape index (κ2) is 7.60. The molecule has 0 spiro atoms. The Morgan fingerprint density at radius 3 is 2.78 bits per heavy atom. The predicted octanol–water partition coefficient (Wildman–Crippen LogP) is 1.28. The first kappa shape index (κ1) is 14.4. The van der Waals surface area contributed by atoms with Crippen molar-refractivity contribution in [1.82, 2.24) is 10.6 Å². The Labute approximate surface area is 105 Å². The van der Waals surface area contributed by atoms with Crippen LogP contribution >= 0.6 is 0 Å². The van der Waals surface area contributed by atoms with Crippen LogP contribution in [-0.2, 0) is 11.3 Å². The summed E-state index contributed by atoms with van der Waals surface area (Å²) < 4.78 is 31.2. The van der Waals surface area contributed by atoms with E-state index in [1.807, 2.05) is 0 Å². The highest BCUT2D eigenvalue weighted by atomic mass is 19.1. The van der Waals surface area contributed by atoms with Crippen LogP contribution in [0.3, 0.4) is 0 Å². The van der Waals surface area contributed by atoms with Gasteiger partial charge < -0.3 is 15.4 Å². The van der Waals surface area contributed by atoms with Crippen LogP contribution in [0.1, 0.15) is 5.56 Å². The monoisotopic (exact) mass is 257 g/mol. The van der Waals surface area contributed by atoms with Crippen LogP contribution in [0.4, 0.5) is 8.78 Å². The van der Waals surface area contributed by atoms with E-state index in [9.17, 15) is 8.78 Å². The fourth-order valence-electron chi connectivity index (χ4n) is 1.35. The lowest BCUT2D eigenvalue weighted by atomic mass is 10.2. The fourth-order valence-corrected chi connectivity index (χ4v) is 1.35. The van der Waals surface area contributed by atoms with Crippen LogP contribution in [0, 0.1) is 11.6 Å². The van der Waals surface area contributed by atoms with Crippen molar-refractivity contribution in [2.75, 3.05) is 27.3 Å². The molecule has 6 heteroatoms. The number of guanidine groups is 1. The predicted molar refractivity (Wildman–Crippen MR) is 66.4 cm³/mol. The molecule has 0 atom stereocenters. The number of hydrogen-bond donors (Lipinski definition) is 2. The molecule has 0 unspecified atom stereocenters. The van der Waals surface area contributed by atoms with Gasteiger partial charge >= 0.3 is 0 Å². The van der Waals surface area contributed by atoms with Crippen LogP contribution in [0.5, 0.6) is 0 Å². The molecule has 0 bridgehead atoms. The third-order valence-corrected chi connectivity index (χ3v) is 2.28. The molecule has 0 saturated carbocycles. The zero-order chi connectivity index (χ0) is 13.4. The number of nitrogens with one attached hydrogen (secondary N) is 2. The molecule has 0 heterocycles. The average molecular weight is 257 g/mol. The Balaban J connectivity index is 2.49. The molecule has 0 aliphatic carbocycles. The van der Waals surface area contributed by atoms with Gasteiger partial charge in [-0.3, -0.25) is 4.99 Å². The van der Waals surface area contributed by atoms with Gasteiger partial charge in [0.1, 0.15) is 11.6 Å². The Hall–Kier alpha value is -1.69. The molecule has 1 aromatic rings.